The first-order chi connectivity index (χ1) is 9.24. The molecule has 0 radical (unpaired) electrons. The highest BCUT2D eigenvalue weighted by atomic mass is 16.2. The quantitative estimate of drug-likeness (QED) is 0.871. The fourth-order valence-electron chi connectivity index (χ4n) is 3.06. The van der Waals surface area contributed by atoms with E-state index in [0.29, 0.717) is 6.42 Å². The normalized spacial score (nSPS) is 24.6. The summed E-state index contributed by atoms with van der Waals surface area (Å²) in [7, 11) is 0. The number of nitrogens with one attached hydrogen (secondary N) is 1. The molecule has 2 aliphatic rings. The summed E-state index contributed by atoms with van der Waals surface area (Å²) in [6.07, 6.45) is 1.91. The van der Waals surface area contributed by atoms with Crippen molar-refractivity contribution in [2.75, 3.05) is 31.1 Å². The maximum absolute atomic E-state index is 11.3. The van der Waals surface area contributed by atoms with Crippen LogP contribution in [-0.2, 0) is 4.79 Å². The van der Waals surface area contributed by atoms with E-state index in [-0.39, 0.29) is 12.1 Å². The summed E-state index contributed by atoms with van der Waals surface area (Å²) >= 11 is 0. The first kappa shape index (κ1) is 12.5. The molecule has 0 bridgehead atoms. The fourth-order valence-corrected chi connectivity index (χ4v) is 3.06. The maximum atomic E-state index is 11.3. The van der Waals surface area contributed by atoms with Gasteiger partial charge in [-0.1, -0.05) is 18.2 Å². The van der Waals surface area contributed by atoms with Crippen LogP contribution in [0.5, 0.6) is 0 Å². The molecule has 2 fully saturated rings. The molecule has 0 aliphatic carbocycles. The van der Waals surface area contributed by atoms with Gasteiger partial charge in [0, 0.05) is 38.3 Å². The van der Waals surface area contributed by atoms with E-state index in [1.54, 1.807) is 0 Å². The lowest BCUT2D eigenvalue weighted by molar-refractivity contribution is -0.119. The van der Waals surface area contributed by atoms with Crippen LogP contribution in [-0.4, -0.2) is 43.2 Å². The van der Waals surface area contributed by atoms with Crippen LogP contribution in [0.4, 0.5) is 5.69 Å². The smallest absolute Gasteiger partial charge is 0.221 e. The lowest BCUT2D eigenvalue weighted by Gasteiger charge is -2.39. The van der Waals surface area contributed by atoms with Crippen molar-refractivity contribution in [2.24, 2.45) is 0 Å². The van der Waals surface area contributed by atoms with Gasteiger partial charge in [-0.3, -0.25) is 9.69 Å². The van der Waals surface area contributed by atoms with E-state index in [1.807, 2.05) is 0 Å². The zero-order valence-electron chi connectivity index (χ0n) is 11.4. The second-order valence-corrected chi connectivity index (χ2v) is 5.43. The van der Waals surface area contributed by atoms with Crippen molar-refractivity contribution in [1.29, 1.82) is 0 Å². The molecule has 2 heterocycles. The van der Waals surface area contributed by atoms with Crippen LogP contribution in [0.2, 0.25) is 0 Å². The Morgan fingerprint density at radius 1 is 1.16 bits per heavy atom. The van der Waals surface area contributed by atoms with Gasteiger partial charge in [-0.2, -0.15) is 0 Å². The van der Waals surface area contributed by atoms with Gasteiger partial charge in [-0.05, 0) is 25.0 Å². The van der Waals surface area contributed by atoms with E-state index in [9.17, 15) is 4.79 Å². The number of para-hydroxylation sites is 1. The molecule has 1 amide bonds. The van der Waals surface area contributed by atoms with Crippen LogP contribution >= 0.6 is 0 Å². The van der Waals surface area contributed by atoms with E-state index < -0.39 is 0 Å². The molecule has 2 saturated heterocycles. The molecule has 2 aliphatic heterocycles. The van der Waals surface area contributed by atoms with Gasteiger partial charge in [0.1, 0.15) is 0 Å². The highest BCUT2D eigenvalue weighted by Gasteiger charge is 2.29. The SMILES string of the molecule is Cc1ccccc1N1CCN([C@H]2CCC(=O)N2)CC1. The summed E-state index contributed by atoms with van der Waals surface area (Å²) in [5.74, 6) is 0.200. The number of carbonyl (C=O) groups is 1. The predicted molar refractivity (Wildman–Crippen MR) is 76.1 cm³/mol. The van der Waals surface area contributed by atoms with Crippen LogP contribution in [0.25, 0.3) is 0 Å². The van der Waals surface area contributed by atoms with Gasteiger partial charge >= 0.3 is 0 Å². The molecular formula is C15H21N3O. The van der Waals surface area contributed by atoms with E-state index in [4.69, 9.17) is 0 Å². The third kappa shape index (κ3) is 2.59. The molecule has 0 aromatic heterocycles. The van der Waals surface area contributed by atoms with Crippen LogP contribution in [0, 0.1) is 6.92 Å². The Hall–Kier alpha value is -1.55. The van der Waals surface area contributed by atoms with Crippen molar-refractivity contribution in [3.63, 3.8) is 0 Å². The van der Waals surface area contributed by atoms with Crippen molar-refractivity contribution in [1.82, 2.24) is 10.2 Å². The van der Waals surface area contributed by atoms with Crippen molar-refractivity contribution in [2.45, 2.75) is 25.9 Å². The number of piperazine rings is 1. The molecule has 0 saturated carbocycles. The molecule has 1 aromatic rings. The number of hydrogen-bond acceptors (Lipinski definition) is 3. The Labute approximate surface area is 114 Å². The van der Waals surface area contributed by atoms with Crippen molar-refractivity contribution in [3.8, 4) is 0 Å². The zero-order valence-corrected chi connectivity index (χ0v) is 11.4. The molecular weight excluding hydrogens is 238 g/mol. The van der Waals surface area contributed by atoms with E-state index in [0.717, 1.165) is 32.6 Å². The summed E-state index contributed by atoms with van der Waals surface area (Å²) in [6, 6.07) is 8.55. The Morgan fingerprint density at radius 2 is 1.89 bits per heavy atom. The standard InChI is InChI=1S/C15H21N3O/c1-12-4-2-3-5-13(12)17-8-10-18(11-9-17)14-6-7-15(19)16-14/h2-5,14H,6-11H2,1H3,(H,16,19)/t14-/m0/s1. The molecule has 1 N–H and O–H groups in total. The van der Waals surface area contributed by atoms with E-state index in [2.05, 4.69) is 46.3 Å². The number of anilines is 1. The summed E-state index contributed by atoms with van der Waals surface area (Å²) in [4.78, 5) is 16.1. The number of hydrogen-bond donors (Lipinski definition) is 1. The minimum Gasteiger partial charge on any atom is -0.369 e. The minimum atomic E-state index is 0.200. The average Bonchev–Trinajstić information content (AvgIpc) is 2.86. The fraction of sp³-hybridized carbons (Fsp3) is 0.533. The van der Waals surface area contributed by atoms with E-state index >= 15 is 0 Å². The Morgan fingerprint density at radius 3 is 2.53 bits per heavy atom. The highest BCUT2D eigenvalue weighted by molar-refractivity contribution is 5.78. The third-order valence-electron chi connectivity index (χ3n) is 4.18. The largest absolute Gasteiger partial charge is 0.369 e. The first-order valence-corrected chi connectivity index (χ1v) is 7.08. The highest BCUT2D eigenvalue weighted by Crippen LogP contribution is 2.22. The molecule has 4 heteroatoms. The van der Waals surface area contributed by atoms with Gasteiger partial charge in [0.15, 0.2) is 0 Å². The van der Waals surface area contributed by atoms with Crippen LogP contribution in [0.3, 0.4) is 0 Å². The van der Waals surface area contributed by atoms with Gasteiger partial charge in [-0.15, -0.1) is 0 Å². The van der Waals surface area contributed by atoms with Crippen molar-refractivity contribution >= 4 is 11.6 Å². The maximum Gasteiger partial charge on any atom is 0.221 e. The van der Waals surface area contributed by atoms with Crippen LogP contribution in [0.1, 0.15) is 18.4 Å². The summed E-state index contributed by atoms with van der Waals surface area (Å²) in [5.41, 5.74) is 2.68. The average molecular weight is 259 g/mol. The summed E-state index contributed by atoms with van der Waals surface area (Å²) in [6.45, 7) is 6.30. The number of benzene rings is 1. The van der Waals surface area contributed by atoms with E-state index in [1.165, 1.54) is 11.3 Å². The Kier molecular flexibility index (Phi) is 3.42. The second-order valence-electron chi connectivity index (χ2n) is 5.43. The molecule has 102 valence electrons. The monoisotopic (exact) mass is 259 g/mol. The Bertz CT molecular complexity index is 466. The number of amides is 1. The van der Waals surface area contributed by atoms with Gasteiger partial charge in [-0.25, -0.2) is 0 Å². The second kappa shape index (κ2) is 5.21. The first-order valence-electron chi connectivity index (χ1n) is 7.08. The number of nitrogens with zero attached hydrogens (tertiary/aromatic N) is 2. The third-order valence-corrected chi connectivity index (χ3v) is 4.18. The summed E-state index contributed by atoms with van der Waals surface area (Å²) < 4.78 is 0. The molecule has 3 rings (SSSR count). The number of aryl methyl sites for hydroxylation is 1. The van der Waals surface area contributed by atoms with Crippen LogP contribution < -0.4 is 10.2 Å². The van der Waals surface area contributed by atoms with Gasteiger partial charge in [0.2, 0.25) is 5.91 Å². The minimum absolute atomic E-state index is 0.200. The lowest BCUT2D eigenvalue weighted by atomic mass is 10.1. The summed E-state index contributed by atoms with van der Waals surface area (Å²) in [5, 5.41) is 3.06. The zero-order chi connectivity index (χ0) is 13.2. The lowest BCUT2D eigenvalue weighted by Crippen LogP contribution is -2.53. The molecule has 1 aromatic carbocycles. The van der Waals surface area contributed by atoms with Crippen molar-refractivity contribution < 1.29 is 4.79 Å². The molecule has 4 nitrogen and oxygen atoms in total. The molecule has 0 spiro atoms. The van der Waals surface area contributed by atoms with Crippen molar-refractivity contribution in [3.05, 3.63) is 29.8 Å². The topological polar surface area (TPSA) is 35.6 Å². The number of rotatable bonds is 2. The van der Waals surface area contributed by atoms with Gasteiger partial charge < -0.3 is 10.2 Å². The van der Waals surface area contributed by atoms with Crippen LogP contribution in [0.15, 0.2) is 24.3 Å². The molecule has 19 heavy (non-hydrogen) atoms. The molecule has 1 atom stereocenters. The number of carbonyl (C=O) groups excluding carboxylic acids is 1. The predicted octanol–water partition coefficient (Wildman–Crippen LogP) is 1.35. The van der Waals surface area contributed by atoms with Gasteiger partial charge in [0.05, 0.1) is 6.17 Å². The molecule has 0 unspecified atom stereocenters. The van der Waals surface area contributed by atoms with Gasteiger partial charge in [0.25, 0.3) is 0 Å². The Balaban J connectivity index is 1.60.